The van der Waals surface area contributed by atoms with Gasteiger partial charge in [0.15, 0.2) is 0 Å². The fourth-order valence-electron chi connectivity index (χ4n) is 2.00. The number of nitrogens with two attached hydrogens (primary N) is 1. The van der Waals surface area contributed by atoms with Crippen LogP contribution in [0.3, 0.4) is 0 Å². The predicted octanol–water partition coefficient (Wildman–Crippen LogP) is 2.80. The molecule has 0 fully saturated rings. The molecule has 1 unspecified atom stereocenters. The molecule has 2 N–H and O–H groups in total. The van der Waals surface area contributed by atoms with Crippen LogP contribution in [0.5, 0.6) is 0 Å². The van der Waals surface area contributed by atoms with Gasteiger partial charge in [-0.25, -0.2) is 0 Å². The molecule has 0 aromatic heterocycles. The summed E-state index contributed by atoms with van der Waals surface area (Å²) in [6, 6.07) is 3.76. The van der Waals surface area contributed by atoms with Gasteiger partial charge in [0.25, 0.3) is 0 Å². The quantitative estimate of drug-likeness (QED) is 0.777. The van der Waals surface area contributed by atoms with E-state index in [2.05, 4.69) is 32.9 Å². The fourth-order valence-corrected chi connectivity index (χ4v) is 2.00. The second-order valence-corrected chi connectivity index (χ2v) is 5.44. The van der Waals surface area contributed by atoms with Gasteiger partial charge in [0.05, 0.1) is 6.04 Å². The minimum Gasteiger partial charge on any atom is -0.318 e. The van der Waals surface area contributed by atoms with E-state index in [9.17, 15) is 4.79 Å². The highest BCUT2D eigenvalue weighted by molar-refractivity contribution is 5.64. The van der Waals surface area contributed by atoms with Crippen LogP contribution in [0, 0.1) is 13.8 Å². The topological polar surface area (TPSA) is 43.1 Å². The molecule has 1 aromatic carbocycles. The lowest BCUT2D eigenvalue weighted by Crippen LogP contribution is -2.17. The van der Waals surface area contributed by atoms with Crippen LogP contribution in [0.1, 0.15) is 49.1 Å². The molecule has 0 radical (unpaired) electrons. The standard InChI is InChI=1S/C14H21NO/c1-9-6-11(14(3,4)5)7-10(2)13(9)12(15)8-16/h6-8,12H,15H2,1-5H3. The van der Waals surface area contributed by atoms with Gasteiger partial charge in [-0.05, 0) is 41.5 Å². The van der Waals surface area contributed by atoms with E-state index in [1.54, 1.807) is 0 Å². The lowest BCUT2D eigenvalue weighted by atomic mass is 9.83. The van der Waals surface area contributed by atoms with Crippen LogP contribution in [0.2, 0.25) is 0 Å². The zero-order valence-electron chi connectivity index (χ0n) is 10.8. The molecule has 1 aromatic rings. The van der Waals surface area contributed by atoms with E-state index in [1.807, 2.05) is 13.8 Å². The summed E-state index contributed by atoms with van der Waals surface area (Å²) in [4.78, 5) is 10.8. The molecule has 0 aliphatic carbocycles. The van der Waals surface area contributed by atoms with Crippen molar-refractivity contribution in [3.63, 3.8) is 0 Å². The number of carbonyl (C=O) groups is 1. The van der Waals surface area contributed by atoms with Crippen LogP contribution < -0.4 is 5.73 Å². The maximum absolute atomic E-state index is 10.8. The third-order valence-electron chi connectivity index (χ3n) is 2.94. The first-order chi connectivity index (χ1) is 7.27. The van der Waals surface area contributed by atoms with Gasteiger partial charge in [0.1, 0.15) is 6.29 Å². The zero-order valence-corrected chi connectivity index (χ0v) is 10.8. The molecule has 1 rings (SSSR count). The number of rotatable bonds is 2. The summed E-state index contributed by atoms with van der Waals surface area (Å²) < 4.78 is 0. The molecule has 2 heteroatoms. The molecule has 0 saturated heterocycles. The van der Waals surface area contributed by atoms with Crippen molar-refractivity contribution in [3.05, 3.63) is 34.4 Å². The van der Waals surface area contributed by atoms with E-state index >= 15 is 0 Å². The van der Waals surface area contributed by atoms with Crippen molar-refractivity contribution >= 4 is 6.29 Å². The summed E-state index contributed by atoms with van der Waals surface area (Å²) in [7, 11) is 0. The lowest BCUT2D eigenvalue weighted by Gasteiger charge is -2.23. The molecule has 0 amide bonds. The van der Waals surface area contributed by atoms with E-state index in [4.69, 9.17) is 5.73 Å². The molecule has 0 spiro atoms. The van der Waals surface area contributed by atoms with Crippen molar-refractivity contribution in [2.45, 2.75) is 46.1 Å². The van der Waals surface area contributed by atoms with Gasteiger partial charge < -0.3 is 10.5 Å². The Bertz CT molecular complexity index is 379. The largest absolute Gasteiger partial charge is 0.318 e. The van der Waals surface area contributed by atoms with E-state index in [0.717, 1.165) is 23.0 Å². The summed E-state index contributed by atoms with van der Waals surface area (Å²) in [5, 5.41) is 0. The summed E-state index contributed by atoms with van der Waals surface area (Å²) in [6.45, 7) is 10.6. The van der Waals surface area contributed by atoms with Gasteiger partial charge in [0.2, 0.25) is 0 Å². The average Bonchev–Trinajstić information content (AvgIpc) is 2.14. The highest BCUT2D eigenvalue weighted by atomic mass is 16.1. The van der Waals surface area contributed by atoms with Crippen LogP contribution >= 0.6 is 0 Å². The molecule has 0 heterocycles. The minimum absolute atomic E-state index is 0.124. The fraction of sp³-hybridized carbons (Fsp3) is 0.500. The first-order valence-corrected chi connectivity index (χ1v) is 5.60. The van der Waals surface area contributed by atoms with E-state index in [0.29, 0.717) is 0 Å². The van der Waals surface area contributed by atoms with Crippen LogP contribution in [0.4, 0.5) is 0 Å². The second-order valence-electron chi connectivity index (χ2n) is 5.44. The Labute approximate surface area is 97.9 Å². The van der Waals surface area contributed by atoms with Crippen molar-refractivity contribution < 1.29 is 4.79 Å². The number of hydrogen-bond acceptors (Lipinski definition) is 2. The Morgan fingerprint density at radius 3 is 1.94 bits per heavy atom. The zero-order chi connectivity index (χ0) is 12.5. The Balaban J connectivity index is 3.33. The molecular formula is C14H21NO. The van der Waals surface area contributed by atoms with Crippen LogP contribution in [-0.2, 0) is 10.2 Å². The van der Waals surface area contributed by atoms with Crippen molar-refractivity contribution in [2.24, 2.45) is 5.73 Å². The van der Waals surface area contributed by atoms with Crippen LogP contribution in [0.25, 0.3) is 0 Å². The van der Waals surface area contributed by atoms with Crippen LogP contribution in [-0.4, -0.2) is 6.29 Å². The molecular weight excluding hydrogens is 198 g/mol. The normalized spacial score (nSPS) is 13.6. The van der Waals surface area contributed by atoms with Crippen molar-refractivity contribution in [3.8, 4) is 0 Å². The van der Waals surface area contributed by atoms with Crippen LogP contribution in [0.15, 0.2) is 12.1 Å². The van der Waals surface area contributed by atoms with Crippen molar-refractivity contribution in [2.75, 3.05) is 0 Å². The maximum Gasteiger partial charge on any atom is 0.141 e. The third-order valence-corrected chi connectivity index (χ3v) is 2.94. The Morgan fingerprint density at radius 2 is 1.62 bits per heavy atom. The highest BCUT2D eigenvalue weighted by Crippen LogP contribution is 2.28. The summed E-state index contributed by atoms with van der Waals surface area (Å²) in [5.74, 6) is 0. The number of aryl methyl sites for hydroxylation is 2. The minimum atomic E-state index is -0.506. The molecule has 88 valence electrons. The van der Waals surface area contributed by atoms with E-state index < -0.39 is 6.04 Å². The van der Waals surface area contributed by atoms with E-state index in [-0.39, 0.29) is 5.41 Å². The molecule has 0 saturated carbocycles. The number of aldehydes is 1. The molecule has 0 aliphatic heterocycles. The number of hydrogen-bond donors (Lipinski definition) is 1. The maximum atomic E-state index is 10.8. The third kappa shape index (κ3) is 2.50. The Morgan fingerprint density at radius 1 is 1.19 bits per heavy atom. The molecule has 0 bridgehead atoms. The lowest BCUT2D eigenvalue weighted by molar-refractivity contribution is -0.109. The summed E-state index contributed by atoms with van der Waals surface area (Å²) >= 11 is 0. The molecule has 1 atom stereocenters. The average molecular weight is 219 g/mol. The molecule has 0 aliphatic rings. The smallest absolute Gasteiger partial charge is 0.141 e. The van der Waals surface area contributed by atoms with Gasteiger partial charge in [0, 0.05) is 0 Å². The number of benzene rings is 1. The molecule has 2 nitrogen and oxygen atoms in total. The summed E-state index contributed by atoms with van der Waals surface area (Å²) in [5.41, 5.74) is 10.4. The Kier molecular flexibility index (Phi) is 3.54. The monoisotopic (exact) mass is 219 g/mol. The number of carbonyl (C=O) groups excluding carboxylic acids is 1. The first kappa shape index (κ1) is 12.9. The first-order valence-electron chi connectivity index (χ1n) is 5.60. The van der Waals surface area contributed by atoms with Gasteiger partial charge in [-0.1, -0.05) is 32.9 Å². The van der Waals surface area contributed by atoms with Gasteiger partial charge in [-0.3, -0.25) is 0 Å². The predicted molar refractivity (Wildman–Crippen MR) is 67.6 cm³/mol. The van der Waals surface area contributed by atoms with Crippen molar-refractivity contribution in [1.82, 2.24) is 0 Å². The van der Waals surface area contributed by atoms with Gasteiger partial charge >= 0.3 is 0 Å². The van der Waals surface area contributed by atoms with Crippen molar-refractivity contribution in [1.29, 1.82) is 0 Å². The molecule has 16 heavy (non-hydrogen) atoms. The second kappa shape index (κ2) is 4.38. The summed E-state index contributed by atoms with van der Waals surface area (Å²) in [6.07, 6.45) is 0.798. The van der Waals surface area contributed by atoms with Gasteiger partial charge in [-0.2, -0.15) is 0 Å². The highest BCUT2D eigenvalue weighted by Gasteiger charge is 2.18. The van der Waals surface area contributed by atoms with Gasteiger partial charge in [-0.15, -0.1) is 0 Å². The van der Waals surface area contributed by atoms with E-state index in [1.165, 1.54) is 5.56 Å². The SMILES string of the molecule is Cc1cc(C(C)(C)C)cc(C)c1C(N)C=O. The Hall–Kier alpha value is -1.15.